The summed E-state index contributed by atoms with van der Waals surface area (Å²) in [5.41, 5.74) is 0.757. The maximum Gasteiger partial charge on any atom is 0.346 e. The number of benzene rings is 2. The molecule has 0 spiro atoms. The smallest absolute Gasteiger partial charge is 0.346 e. The van der Waals surface area contributed by atoms with Gasteiger partial charge in [-0.15, -0.1) is 0 Å². The summed E-state index contributed by atoms with van der Waals surface area (Å²) in [4.78, 5) is 29.2. The van der Waals surface area contributed by atoms with Crippen LogP contribution in [0.1, 0.15) is 18.3 Å². The molecule has 8 nitrogen and oxygen atoms in total. The van der Waals surface area contributed by atoms with E-state index in [4.69, 9.17) is 14.2 Å². The van der Waals surface area contributed by atoms with E-state index in [9.17, 15) is 9.59 Å². The van der Waals surface area contributed by atoms with Gasteiger partial charge in [-0.1, -0.05) is 31.9 Å². The first-order valence-electron chi connectivity index (χ1n) is 9.10. The number of carbonyl (C=O) groups is 1. The first kappa shape index (κ1) is 23.0. The average Bonchev–Trinajstić information content (AvgIpc) is 2.74. The third-order valence-corrected chi connectivity index (χ3v) is 5.33. The second-order valence-corrected chi connectivity index (χ2v) is 8.32. The largest absolute Gasteiger partial charge is 0.493 e. The van der Waals surface area contributed by atoms with Crippen LogP contribution in [0.15, 0.2) is 49.2 Å². The minimum Gasteiger partial charge on any atom is -0.493 e. The molecule has 1 atom stereocenters. The predicted octanol–water partition coefficient (Wildman–Crippen LogP) is 4.06. The molecule has 1 aromatic heterocycles. The normalized spacial score (nSPS) is 12.2. The summed E-state index contributed by atoms with van der Waals surface area (Å²) in [5, 5.41) is 4.76. The average molecular weight is 553 g/mol. The van der Waals surface area contributed by atoms with Gasteiger partial charge in [0, 0.05) is 14.5 Å². The van der Waals surface area contributed by atoms with Crippen molar-refractivity contribution in [2.24, 2.45) is 5.10 Å². The molecule has 0 N–H and O–H groups in total. The molecule has 3 rings (SSSR count). The molecule has 162 valence electrons. The number of fused-ring (bicyclic) bond motifs is 1. The highest BCUT2D eigenvalue weighted by atomic mass is 79.9. The van der Waals surface area contributed by atoms with E-state index in [1.807, 2.05) is 6.07 Å². The van der Waals surface area contributed by atoms with Gasteiger partial charge in [0.05, 0.1) is 31.3 Å². The number of aromatic nitrogens is 2. The van der Waals surface area contributed by atoms with Crippen LogP contribution in [-0.2, 0) is 9.53 Å². The fourth-order valence-corrected chi connectivity index (χ4v) is 3.68. The summed E-state index contributed by atoms with van der Waals surface area (Å²) < 4.78 is 18.6. The van der Waals surface area contributed by atoms with Crippen LogP contribution in [-0.4, -0.2) is 42.2 Å². The third-order valence-electron chi connectivity index (χ3n) is 4.38. The summed E-state index contributed by atoms with van der Waals surface area (Å²) in [6.07, 6.45) is 0.573. The second kappa shape index (κ2) is 9.61. The Morgan fingerprint density at radius 3 is 2.61 bits per heavy atom. The lowest BCUT2D eigenvalue weighted by Gasteiger charge is -2.17. The molecule has 0 fully saturated rings. The van der Waals surface area contributed by atoms with Crippen molar-refractivity contribution in [2.45, 2.75) is 20.0 Å². The number of nitrogens with zero attached hydrogens (tertiary/aromatic N) is 3. The van der Waals surface area contributed by atoms with Crippen molar-refractivity contribution in [1.29, 1.82) is 0 Å². The first-order valence-corrected chi connectivity index (χ1v) is 10.7. The van der Waals surface area contributed by atoms with Gasteiger partial charge in [-0.3, -0.25) is 4.79 Å². The maximum absolute atomic E-state index is 13.0. The predicted molar refractivity (Wildman–Crippen MR) is 124 cm³/mol. The fourth-order valence-electron chi connectivity index (χ4n) is 2.87. The summed E-state index contributed by atoms with van der Waals surface area (Å²) in [7, 11) is 2.77. The van der Waals surface area contributed by atoms with E-state index in [0.717, 1.165) is 4.47 Å². The van der Waals surface area contributed by atoms with Gasteiger partial charge in [0.1, 0.15) is 5.82 Å². The Morgan fingerprint density at radius 2 is 1.94 bits per heavy atom. The lowest BCUT2D eigenvalue weighted by molar-refractivity contribution is -0.147. The van der Waals surface area contributed by atoms with Gasteiger partial charge in [-0.2, -0.15) is 9.78 Å². The monoisotopic (exact) mass is 551 g/mol. The molecule has 0 aliphatic rings. The lowest BCUT2D eigenvalue weighted by atomic mass is 10.2. The summed E-state index contributed by atoms with van der Waals surface area (Å²) in [5.74, 6) is 0.554. The fraction of sp³-hybridized carbons (Fsp3) is 0.238. The topological polar surface area (TPSA) is 92.0 Å². The molecule has 0 aliphatic heterocycles. The van der Waals surface area contributed by atoms with Crippen LogP contribution in [0.3, 0.4) is 0 Å². The summed E-state index contributed by atoms with van der Waals surface area (Å²) in [6.45, 7) is 3.26. The molecule has 0 unspecified atom stereocenters. The SMILES string of the molecule is COC(=O)[C@@H](C)Oc1c(C=Nn2c(C)nc3ccc(Br)cc3c2=O)cc(Br)cc1OC. The Labute approximate surface area is 195 Å². The van der Waals surface area contributed by atoms with E-state index < -0.39 is 12.1 Å². The Morgan fingerprint density at radius 1 is 1.19 bits per heavy atom. The molecule has 0 amide bonds. The van der Waals surface area contributed by atoms with E-state index in [-0.39, 0.29) is 11.3 Å². The minimum absolute atomic E-state index is 0.287. The van der Waals surface area contributed by atoms with Crippen molar-refractivity contribution in [3.8, 4) is 11.5 Å². The van der Waals surface area contributed by atoms with Crippen LogP contribution < -0.4 is 15.0 Å². The number of hydrogen-bond acceptors (Lipinski definition) is 7. The molecule has 0 saturated carbocycles. The molecule has 3 aromatic rings. The van der Waals surface area contributed by atoms with Gasteiger partial charge < -0.3 is 14.2 Å². The number of methoxy groups -OCH3 is 2. The zero-order chi connectivity index (χ0) is 22.7. The Balaban J connectivity index is 2.11. The van der Waals surface area contributed by atoms with Crippen molar-refractivity contribution < 1.29 is 19.0 Å². The Hall–Kier alpha value is -2.72. The summed E-state index contributed by atoms with van der Waals surface area (Å²) >= 11 is 6.79. The lowest BCUT2D eigenvalue weighted by Crippen LogP contribution is -2.25. The molecule has 0 aliphatic carbocycles. The molecule has 0 bridgehead atoms. The zero-order valence-corrected chi connectivity index (χ0v) is 20.4. The highest BCUT2D eigenvalue weighted by Gasteiger charge is 2.20. The second-order valence-electron chi connectivity index (χ2n) is 6.49. The van der Waals surface area contributed by atoms with Crippen LogP contribution in [0.5, 0.6) is 11.5 Å². The van der Waals surface area contributed by atoms with Gasteiger partial charge >= 0.3 is 5.97 Å². The molecule has 0 saturated heterocycles. The minimum atomic E-state index is -0.878. The van der Waals surface area contributed by atoms with Crippen molar-refractivity contribution >= 4 is 54.9 Å². The van der Waals surface area contributed by atoms with E-state index in [2.05, 4.69) is 41.9 Å². The number of ether oxygens (including phenoxy) is 3. The van der Waals surface area contributed by atoms with Crippen LogP contribution in [0.4, 0.5) is 0 Å². The zero-order valence-electron chi connectivity index (χ0n) is 17.2. The van der Waals surface area contributed by atoms with Gasteiger partial charge in [0.25, 0.3) is 5.56 Å². The molecular formula is C21H19Br2N3O5. The van der Waals surface area contributed by atoms with Gasteiger partial charge in [0.2, 0.25) is 0 Å². The molecule has 10 heteroatoms. The van der Waals surface area contributed by atoms with Gasteiger partial charge in [-0.25, -0.2) is 9.78 Å². The number of rotatable bonds is 6. The standard InChI is InChI=1S/C21H19Br2N3O5/c1-11(21(28)30-4)31-19-13(7-15(23)9-18(19)29-3)10-24-26-12(2)25-17-6-5-14(22)8-16(17)20(26)27/h5-11H,1-4H3/t11-/m1/s1. The highest BCUT2D eigenvalue weighted by Crippen LogP contribution is 2.35. The quantitative estimate of drug-likeness (QED) is 0.338. The molecule has 31 heavy (non-hydrogen) atoms. The first-order chi connectivity index (χ1) is 14.7. The number of esters is 1. The van der Waals surface area contributed by atoms with Crippen molar-refractivity contribution in [1.82, 2.24) is 9.66 Å². The number of carbonyl (C=O) groups excluding carboxylic acids is 1. The van der Waals surface area contributed by atoms with Crippen molar-refractivity contribution in [3.05, 3.63) is 61.0 Å². The number of halogens is 2. The van der Waals surface area contributed by atoms with E-state index >= 15 is 0 Å². The van der Waals surface area contributed by atoms with E-state index in [0.29, 0.717) is 32.5 Å². The third kappa shape index (κ3) is 4.96. The van der Waals surface area contributed by atoms with Crippen LogP contribution >= 0.6 is 31.9 Å². The van der Waals surface area contributed by atoms with Crippen molar-refractivity contribution in [2.75, 3.05) is 14.2 Å². The Kier molecular flexibility index (Phi) is 7.11. The molecule has 0 radical (unpaired) electrons. The molecule has 2 aromatic carbocycles. The number of hydrogen-bond donors (Lipinski definition) is 0. The van der Waals surface area contributed by atoms with Crippen LogP contribution in [0.25, 0.3) is 10.9 Å². The Bertz CT molecular complexity index is 1240. The van der Waals surface area contributed by atoms with Crippen molar-refractivity contribution in [3.63, 3.8) is 0 Å². The maximum atomic E-state index is 13.0. The van der Waals surface area contributed by atoms with Gasteiger partial charge in [0.15, 0.2) is 17.6 Å². The molecular weight excluding hydrogens is 534 g/mol. The van der Waals surface area contributed by atoms with Crippen LogP contribution in [0.2, 0.25) is 0 Å². The van der Waals surface area contributed by atoms with E-state index in [1.54, 1.807) is 38.1 Å². The van der Waals surface area contributed by atoms with Gasteiger partial charge in [-0.05, 0) is 44.2 Å². The summed E-state index contributed by atoms with van der Waals surface area (Å²) in [6, 6.07) is 8.72. The highest BCUT2D eigenvalue weighted by molar-refractivity contribution is 9.10. The number of aryl methyl sites for hydroxylation is 1. The van der Waals surface area contributed by atoms with E-state index in [1.165, 1.54) is 25.1 Å². The molecule has 1 heterocycles. The van der Waals surface area contributed by atoms with Crippen LogP contribution in [0, 0.1) is 6.92 Å².